The molecule has 90 valence electrons. The molecular weight excluding hydrogens is 215 g/mol. The van der Waals surface area contributed by atoms with E-state index in [4.69, 9.17) is 0 Å². The van der Waals surface area contributed by atoms with E-state index in [1.54, 1.807) is 12.1 Å². The van der Waals surface area contributed by atoms with E-state index in [2.05, 4.69) is 17.2 Å². The first-order valence-electron chi connectivity index (χ1n) is 6.23. The van der Waals surface area contributed by atoms with Gasteiger partial charge in [-0.15, -0.1) is 0 Å². The fourth-order valence-corrected chi connectivity index (χ4v) is 2.93. The van der Waals surface area contributed by atoms with Crippen LogP contribution in [-0.2, 0) is 0 Å². The lowest BCUT2D eigenvalue weighted by Crippen LogP contribution is -2.33. The van der Waals surface area contributed by atoms with Crippen molar-refractivity contribution >= 4 is 10.9 Å². The van der Waals surface area contributed by atoms with Crippen LogP contribution in [-0.4, -0.2) is 18.1 Å². The van der Waals surface area contributed by atoms with Crippen molar-refractivity contribution in [3.8, 4) is 0 Å². The van der Waals surface area contributed by atoms with Gasteiger partial charge >= 0.3 is 0 Å². The Morgan fingerprint density at radius 3 is 3.06 bits per heavy atom. The molecule has 2 nitrogen and oxygen atoms in total. The summed E-state index contributed by atoms with van der Waals surface area (Å²) < 4.78 is 13.9. The quantitative estimate of drug-likeness (QED) is 0.777. The van der Waals surface area contributed by atoms with E-state index < -0.39 is 0 Å². The zero-order valence-electron chi connectivity index (χ0n) is 9.96. The first-order valence-corrected chi connectivity index (χ1v) is 6.23. The first-order chi connectivity index (χ1) is 8.27. The third-order valence-electron chi connectivity index (χ3n) is 3.87. The van der Waals surface area contributed by atoms with Gasteiger partial charge in [-0.05, 0) is 49.0 Å². The zero-order valence-corrected chi connectivity index (χ0v) is 9.96. The van der Waals surface area contributed by atoms with Gasteiger partial charge in [0.2, 0.25) is 0 Å². The minimum absolute atomic E-state index is 0.107. The fourth-order valence-electron chi connectivity index (χ4n) is 2.93. The number of aromatic amines is 1. The maximum absolute atomic E-state index is 13.9. The van der Waals surface area contributed by atoms with Crippen LogP contribution in [0, 0.1) is 11.7 Å². The third kappa shape index (κ3) is 1.75. The minimum atomic E-state index is -0.107. The summed E-state index contributed by atoms with van der Waals surface area (Å²) in [5, 5.41) is 4.17. The predicted octanol–water partition coefficient (Wildman–Crippen LogP) is 3.02. The molecule has 1 aromatic heterocycles. The van der Waals surface area contributed by atoms with Crippen LogP contribution in [0.15, 0.2) is 24.4 Å². The molecule has 1 aliphatic heterocycles. The number of piperidine rings is 1. The zero-order chi connectivity index (χ0) is 11.8. The lowest BCUT2D eigenvalue weighted by atomic mass is 9.82. The molecule has 17 heavy (non-hydrogen) atoms. The fraction of sp³-hybridized carbons (Fsp3) is 0.429. The summed E-state index contributed by atoms with van der Waals surface area (Å²) in [6.45, 7) is 4.28. The molecule has 1 fully saturated rings. The van der Waals surface area contributed by atoms with Crippen LogP contribution < -0.4 is 5.32 Å². The van der Waals surface area contributed by atoms with Crippen LogP contribution in [0.2, 0.25) is 0 Å². The van der Waals surface area contributed by atoms with Crippen molar-refractivity contribution in [3.63, 3.8) is 0 Å². The lowest BCUT2D eigenvalue weighted by Gasteiger charge is -2.29. The first kappa shape index (κ1) is 10.8. The van der Waals surface area contributed by atoms with Crippen LogP contribution in [0.5, 0.6) is 0 Å². The second kappa shape index (κ2) is 4.15. The minimum Gasteiger partial charge on any atom is -0.361 e. The highest BCUT2D eigenvalue weighted by atomic mass is 19.1. The lowest BCUT2D eigenvalue weighted by molar-refractivity contribution is 0.351. The molecule has 0 spiro atoms. The third-order valence-corrected chi connectivity index (χ3v) is 3.87. The summed E-state index contributed by atoms with van der Waals surface area (Å²) in [5.41, 5.74) is 2.05. The molecule has 1 aliphatic rings. The summed E-state index contributed by atoms with van der Waals surface area (Å²) in [5.74, 6) is 0.911. The molecule has 2 unspecified atom stereocenters. The van der Waals surface area contributed by atoms with E-state index in [9.17, 15) is 4.39 Å². The van der Waals surface area contributed by atoms with Crippen molar-refractivity contribution in [1.82, 2.24) is 10.3 Å². The Morgan fingerprint density at radius 2 is 2.24 bits per heavy atom. The molecular formula is C14H17FN2. The average Bonchev–Trinajstić information content (AvgIpc) is 2.75. The van der Waals surface area contributed by atoms with E-state index in [1.807, 2.05) is 12.3 Å². The molecule has 0 bridgehead atoms. The number of hydrogen-bond donors (Lipinski definition) is 2. The highest BCUT2D eigenvalue weighted by Gasteiger charge is 2.25. The summed E-state index contributed by atoms with van der Waals surface area (Å²) >= 11 is 0. The molecule has 1 aromatic carbocycles. The van der Waals surface area contributed by atoms with Gasteiger partial charge in [-0.25, -0.2) is 4.39 Å². The summed E-state index contributed by atoms with van der Waals surface area (Å²) in [6.07, 6.45) is 3.07. The van der Waals surface area contributed by atoms with E-state index in [-0.39, 0.29) is 5.82 Å². The molecule has 2 aromatic rings. The van der Waals surface area contributed by atoms with Gasteiger partial charge in [0.1, 0.15) is 5.82 Å². The SMILES string of the molecule is CC1CNCCC1c1c[nH]c2cccc(F)c12. The van der Waals surface area contributed by atoms with Gasteiger partial charge in [-0.3, -0.25) is 0 Å². The number of hydrogen-bond acceptors (Lipinski definition) is 1. The summed E-state index contributed by atoms with van der Waals surface area (Å²) in [7, 11) is 0. The molecule has 2 heterocycles. The maximum atomic E-state index is 13.9. The van der Waals surface area contributed by atoms with Crippen LogP contribution in [0.4, 0.5) is 4.39 Å². The van der Waals surface area contributed by atoms with Gasteiger partial charge in [-0.2, -0.15) is 0 Å². The average molecular weight is 232 g/mol. The van der Waals surface area contributed by atoms with E-state index in [1.165, 1.54) is 0 Å². The van der Waals surface area contributed by atoms with Crippen molar-refractivity contribution in [3.05, 3.63) is 35.8 Å². The van der Waals surface area contributed by atoms with Crippen molar-refractivity contribution in [2.24, 2.45) is 5.92 Å². The molecule has 1 saturated heterocycles. The number of halogens is 1. The van der Waals surface area contributed by atoms with Crippen LogP contribution >= 0.6 is 0 Å². The van der Waals surface area contributed by atoms with E-state index in [0.29, 0.717) is 11.8 Å². The van der Waals surface area contributed by atoms with Crippen molar-refractivity contribution < 1.29 is 4.39 Å². The Morgan fingerprint density at radius 1 is 1.35 bits per heavy atom. The Balaban J connectivity index is 2.10. The normalized spacial score (nSPS) is 25.3. The molecule has 0 amide bonds. The Bertz CT molecular complexity index is 532. The highest BCUT2D eigenvalue weighted by Crippen LogP contribution is 2.35. The predicted molar refractivity (Wildman–Crippen MR) is 67.6 cm³/mol. The molecule has 0 radical (unpaired) electrons. The molecule has 0 saturated carbocycles. The molecule has 2 N–H and O–H groups in total. The Labute approximate surface area is 100 Å². The number of benzene rings is 1. The number of rotatable bonds is 1. The highest BCUT2D eigenvalue weighted by molar-refractivity contribution is 5.84. The van der Waals surface area contributed by atoms with Crippen LogP contribution in [0.3, 0.4) is 0 Å². The van der Waals surface area contributed by atoms with Gasteiger partial charge in [-0.1, -0.05) is 13.0 Å². The van der Waals surface area contributed by atoms with Gasteiger partial charge in [0.25, 0.3) is 0 Å². The molecule has 3 heteroatoms. The molecule has 3 rings (SSSR count). The maximum Gasteiger partial charge on any atom is 0.132 e. The van der Waals surface area contributed by atoms with Gasteiger partial charge in [0.05, 0.1) is 0 Å². The van der Waals surface area contributed by atoms with Crippen molar-refractivity contribution in [2.45, 2.75) is 19.3 Å². The molecule has 0 aliphatic carbocycles. The molecule has 2 atom stereocenters. The van der Waals surface area contributed by atoms with E-state index in [0.717, 1.165) is 36.0 Å². The van der Waals surface area contributed by atoms with Crippen LogP contribution in [0.1, 0.15) is 24.8 Å². The number of H-pyrrole nitrogens is 1. The monoisotopic (exact) mass is 232 g/mol. The largest absolute Gasteiger partial charge is 0.361 e. The van der Waals surface area contributed by atoms with Crippen molar-refractivity contribution in [1.29, 1.82) is 0 Å². The standard InChI is InChI=1S/C14H17FN2/c1-9-7-16-6-5-10(9)11-8-17-13-4-2-3-12(15)14(11)13/h2-4,8-10,16-17H,5-7H2,1H3. The van der Waals surface area contributed by atoms with Gasteiger partial charge < -0.3 is 10.3 Å². The van der Waals surface area contributed by atoms with Gasteiger partial charge in [0.15, 0.2) is 0 Å². The summed E-state index contributed by atoms with van der Waals surface area (Å²) in [4.78, 5) is 3.19. The Kier molecular flexibility index (Phi) is 2.63. The van der Waals surface area contributed by atoms with Gasteiger partial charge in [0, 0.05) is 17.1 Å². The number of fused-ring (bicyclic) bond motifs is 1. The number of nitrogens with one attached hydrogen (secondary N) is 2. The second-order valence-corrected chi connectivity index (χ2v) is 4.98. The number of aromatic nitrogens is 1. The smallest absolute Gasteiger partial charge is 0.132 e. The van der Waals surface area contributed by atoms with Crippen molar-refractivity contribution in [2.75, 3.05) is 13.1 Å². The van der Waals surface area contributed by atoms with Crippen LogP contribution in [0.25, 0.3) is 10.9 Å². The summed E-state index contributed by atoms with van der Waals surface area (Å²) in [6, 6.07) is 5.24. The Hall–Kier alpha value is -1.35. The van der Waals surface area contributed by atoms with E-state index >= 15 is 0 Å². The second-order valence-electron chi connectivity index (χ2n) is 4.98. The topological polar surface area (TPSA) is 27.8 Å².